The van der Waals surface area contributed by atoms with Crippen LogP contribution in [0.5, 0.6) is 17.2 Å². The van der Waals surface area contributed by atoms with E-state index in [4.69, 9.17) is 9.47 Å². The number of aryl methyl sites for hydroxylation is 1. The highest BCUT2D eigenvalue weighted by Crippen LogP contribution is 2.29. The van der Waals surface area contributed by atoms with Gasteiger partial charge in [0.2, 0.25) is 11.8 Å². The summed E-state index contributed by atoms with van der Waals surface area (Å²) in [5, 5.41) is 3.13. The number of sulfonamides is 1. The number of carbonyl (C=O) groups is 2. The number of nitrogens with one attached hydrogen (secondary N) is 1. The third-order valence-corrected chi connectivity index (χ3v) is 10.4. The minimum atomic E-state index is -4.19. The third-order valence-electron chi connectivity index (χ3n) is 8.62. The molecule has 1 aliphatic carbocycles. The number of para-hydroxylation sites is 1. The molecule has 2 amide bonds. The predicted octanol–water partition coefficient (Wildman–Crippen LogP) is 6.86. The quantitative estimate of drug-likeness (QED) is 0.167. The van der Waals surface area contributed by atoms with Gasteiger partial charge in [-0.2, -0.15) is 0 Å². The van der Waals surface area contributed by atoms with Crippen molar-refractivity contribution in [2.45, 2.75) is 69.5 Å². The summed E-state index contributed by atoms with van der Waals surface area (Å²) in [6.07, 6.45) is 5.05. The molecule has 252 valence electrons. The monoisotopic (exact) mass is 669 g/mol. The molecule has 0 radical (unpaired) electrons. The van der Waals surface area contributed by atoms with Gasteiger partial charge in [-0.15, -0.1) is 0 Å². The summed E-state index contributed by atoms with van der Waals surface area (Å²) in [5.41, 5.74) is 1.97. The zero-order valence-corrected chi connectivity index (χ0v) is 28.5. The van der Waals surface area contributed by atoms with Crippen LogP contribution in [0, 0.1) is 6.92 Å². The second-order valence-corrected chi connectivity index (χ2v) is 14.0. The maximum atomic E-state index is 14.3. The van der Waals surface area contributed by atoms with Crippen LogP contribution in [-0.4, -0.2) is 50.9 Å². The van der Waals surface area contributed by atoms with Crippen molar-refractivity contribution in [2.24, 2.45) is 0 Å². The summed E-state index contributed by atoms with van der Waals surface area (Å²) in [6.45, 7) is 3.14. The Bertz CT molecular complexity index is 1760. The van der Waals surface area contributed by atoms with Crippen LogP contribution in [0.15, 0.2) is 108 Å². The molecule has 0 aliphatic heterocycles. The molecule has 1 saturated carbocycles. The van der Waals surface area contributed by atoms with Crippen molar-refractivity contribution in [3.8, 4) is 17.2 Å². The van der Waals surface area contributed by atoms with Gasteiger partial charge in [-0.1, -0.05) is 67.3 Å². The third kappa shape index (κ3) is 8.74. The molecule has 4 aromatic rings. The molecule has 0 heterocycles. The fourth-order valence-corrected chi connectivity index (χ4v) is 7.16. The fourth-order valence-electron chi connectivity index (χ4n) is 5.75. The summed E-state index contributed by atoms with van der Waals surface area (Å²) >= 11 is 0. The molecule has 9 nitrogen and oxygen atoms in total. The lowest BCUT2D eigenvalue weighted by Gasteiger charge is -2.33. The van der Waals surface area contributed by atoms with Crippen molar-refractivity contribution >= 4 is 27.5 Å². The van der Waals surface area contributed by atoms with E-state index < -0.39 is 28.5 Å². The van der Waals surface area contributed by atoms with Crippen LogP contribution in [0.1, 0.15) is 50.2 Å². The maximum absolute atomic E-state index is 14.3. The Balaban J connectivity index is 1.46. The topological polar surface area (TPSA) is 105 Å². The van der Waals surface area contributed by atoms with Gasteiger partial charge in [0.25, 0.3) is 10.0 Å². The van der Waals surface area contributed by atoms with E-state index in [1.165, 1.54) is 17.0 Å². The van der Waals surface area contributed by atoms with Crippen molar-refractivity contribution < 1.29 is 27.5 Å². The normalized spacial score (nSPS) is 14.1. The Morgan fingerprint density at radius 2 is 1.42 bits per heavy atom. The fraction of sp³-hybridized carbons (Fsp3) is 0.316. The molecule has 1 aliphatic rings. The Hall–Kier alpha value is -4.83. The SMILES string of the molecule is COc1ccc(CN(C(=O)CN(c2ccc(Oc3ccccc3)cc2)S(=O)(=O)c2ccc(C)cc2)C(C)C(=O)NC2CCCCC2)cc1. The summed E-state index contributed by atoms with van der Waals surface area (Å²) in [7, 11) is -2.62. The van der Waals surface area contributed by atoms with Gasteiger partial charge in [-0.3, -0.25) is 13.9 Å². The number of ether oxygens (including phenoxy) is 2. The summed E-state index contributed by atoms with van der Waals surface area (Å²) < 4.78 is 40.7. The maximum Gasteiger partial charge on any atom is 0.264 e. The first-order valence-corrected chi connectivity index (χ1v) is 17.7. The predicted molar refractivity (Wildman–Crippen MR) is 187 cm³/mol. The van der Waals surface area contributed by atoms with E-state index in [-0.39, 0.29) is 29.1 Å². The van der Waals surface area contributed by atoms with Crippen LogP contribution in [0.2, 0.25) is 0 Å². The number of methoxy groups -OCH3 is 1. The molecular formula is C38H43N3O6S. The van der Waals surface area contributed by atoms with Crippen molar-refractivity contribution in [1.82, 2.24) is 10.2 Å². The van der Waals surface area contributed by atoms with Crippen molar-refractivity contribution in [2.75, 3.05) is 18.0 Å². The Kier molecular flexibility index (Phi) is 11.4. The van der Waals surface area contributed by atoms with E-state index in [0.29, 0.717) is 17.2 Å². The van der Waals surface area contributed by atoms with Crippen LogP contribution in [0.4, 0.5) is 5.69 Å². The van der Waals surface area contributed by atoms with Crippen molar-refractivity contribution in [1.29, 1.82) is 0 Å². The highest BCUT2D eigenvalue weighted by Gasteiger charge is 2.33. The minimum Gasteiger partial charge on any atom is -0.497 e. The molecule has 10 heteroatoms. The van der Waals surface area contributed by atoms with Gasteiger partial charge in [0, 0.05) is 12.6 Å². The van der Waals surface area contributed by atoms with E-state index in [2.05, 4.69) is 5.32 Å². The van der Waals surface area contributed by atoms with Gasteiger partial charge >= 0.3 is 0 Å². The van der Waals surface area contributed by atoms with Crippen LogP contribution >= 0.6 is 0 Å². The molecule has 5 rings (SSSR count). The number of carbonyl (C=O) groups excluding carboxylic acids is 2. The molecule has 0 spiro atoms. The Morgan fingerprint density at radius 1 is 0.812 bits per heavy atom. The number of hydrogen-bond acceptors (Lipinski definition) is 6. The van der Waals surface area contributed by atoms with Crippen LogP contribution in [-0.2, 0) is 26.2 Å². The van der Waals surface area contributed by atoms with Gasteiger partial charge in [0.1, 0.15) is 29.8 Å². The summed E-state index contributed by atoms with van der Waals surface area (Å²) in [4.78, 5) is 29.4. The van der Waals surface area contributed by atoms with Gasteiger partial charge in [-0.25, -0.2) is 8.42 Å². The molecule has 1 N–H and O–H groups in total. The summed E-state index contributed by atoms with van der Waals surface area (Å²) in [5.74, 6) is 1.03. The van der Waals surface area contributed by atoms with Crippen LogP contribution in [0.3, 0.4) is 0 Å². The number of benzene rings is 4. The van der Waals surface area contributed by atoms with Gasteiger partial charge < -0.3 is 19.7 Å². The molecule has 1 unspecified atom stereocenters. The standard InChI is InChI=1S/C38H43N3O6S/c1-28-14-24-36(25-15-28)48(44,45)41(32-18-22-35(23-19-32)47-34-12-8-5-9-13-34)27-37(42)40(26-30-16-20-33(46-3)21-17-30)29(2)38(43)39-31-10-6-4-7-11-31/h5,8-9,12-25,29,31H,4,6-7,10-11,26-27H2,1-3H3,(H,39,43). The smallest absolute Gasteiger partial charge is 0.264 e. The molecule has 48 heavy (non-hydrogen) atoms. The highest BCUT2D eigenvalue weighted by atomic mass is 32.2. The lowest BCUT2D eigenvalue weighted by Crippen LogP contribution is -2.53. The number of nitrogens with zero attached hydrogens (tertiary/aromatic N) is 2. The van der Waals surface area contributed by atoms with E-state index in [0.717, 1.165) is 47.5 Å². The first-order valence-electron chi connectivity index (χ1n) is 16.3. The number of anilines is 1. The molecule has 0 bridgehead atoms. The average molecular weight is 670 g/mol. The number of rotatable bonds is 13. The second-order valence-electron chi connectivity index (χ2n) is 12.1. The molecule has 0 saturated heterocycles. The van der Waals surface area contributed by atoms with Gasteiger partial charge in [-0.05, 0) is 92.9 Å². The lowest BCUT2D eigenvalue weighted by molar-refractivity contribution is -0.139. The first-order chi connectivity index (χ1) is 23.1. The largest absolute Gasteiger partial charge is 0.497 e. The highest BCUT2D eigenvalue weighted by molar-refractivity contribution is 7.92. The van der Waals surface area contributed by atoms with Crippen LogP contribution < -0.4 is 19.1 Å². The minimum absolute atomic E-state index is 0.0512. The van der Waals surface area contributed by atoms with E-state index in [1.54, 1.807) is 62.6 Å². The zero-order valence-electron chi connectivity index (χ0n) is 27.7. The zero-order chi connectivity index (χ0) is 34.1. The Labute approximate surface area is 283 Å². The first kappa shape index (κ1) is 34.5. The van der Waals surface area contributed by atoms with Gasteiger partial charge in [0.15, 0.2) is 0 Å². The van der Waals surface area contributed by atoms with Gasteiger partial charge in [0.05, 0.1) is 17.7 Å². The molecule has 1 fully saturated rings. The number of amides is 2. The van der Waals surface area contributed by atoms with Crippen molar-refractivity contribution in [3.63, 3.8) is 0 Å². The van der Waals surface area contributed by atoms with E-state index >= 15 is 0 Å². The summed E-state index contributed by atoms with van der Waals surface area (Å²) in [6, 6.07) is 28.8. The van der Waals surface area contributed by atoms with Crippen molar-refractivity contribution in [3.05, 3.63) is 114 Å². The molecule has 0 aromatic heterocycles. The average Bonchev–Trinajstić information content (AvgIpc) is 3.11. The molecular weight excluding hydrogens is 627 g/mol. The molecule has 1 atom stereocenters. The Morgan fingerprint density at radius 3 is 2.04 bits per heavy atom. The van der Waals surface area contributed by atoms with Crippen LogP contribution in [0.25, 0.3) is 0 Å². The number of hydrogen-bond donors (Lipinski definition) is 1. The van der Waals surface area contributed by atoms with E-state index in [1.807, 2.05) is 49.4 Å². The molecule has 4 aromatic carbocycles. The lowest BCUT2D eigenvalue weighted by atomic mass is 9.95. The second kappa shape index (κ2) is 15.8. The van der Waals surface area contributed by atoms with E-state index in [9.17, 15) is 18.0 Å².